The van der Waals surface area contributed by atoms with E-state index in [-0.39, 0.29) is 30.1 Å². The largest absolute Gasteiger partial charge is 0.494 e. The van der Waals surface area contributed by atoms with Gasteiger partial charge in [-0.2, -0.15) is 4.39 Å². The number of allylic oxidation sites excluding steroid dienone is 2. The molecule has 2 aromatic rings. The van der Waals surface area contributed by atoms with Crippen LogP contribution in [0, 0.1) is 17.6 Å². The van der Waals surface area contributed by atoms with Crippen LogP contribution in [0.2, 0.25) is 0 Å². The van der Waals surface area contributed by atoms with Gasteiger partial charge in [0, 0.05) is 24.2 Å². The molecule has 2 unspecified atom stereocenters. The summed E-state index contributed by atoms with van der Waals surface area (Å²) in [5.41, 5.74) is 1.75. The Bertz CT molecular complexity index is 895. The quantitative estimate of drug-likeness (QED) is 0.328. The molecule has 1 fully saturated rings. The fraction of sp³-hybridized carbons (Fsp3) is 0.480. The smallest absolute Gasteiger partial charge is 0.255 e. The predicted octanol–water partition coefficient (Wildman–Crippen LogP) is 7.03. The van der Waals surface area contributed by atoms with E-state index in [1.165, 1.54) is 19.2 Å². The summed E-state index contributed by atoms with van der Waals surface area (Å²) in [5.74, 6) is -5.80. The lowest BCUT2D eigenvalue weighted by Crippen LogP contribution is -2.34. The Labute approximate surface area is 181 Å². The maximum atomic E-state index is 14.8. The minimum Gasteiger partial charge on any atom is -0.494 e. The van der Waals surface area contributed by atoms with Crippen LogP contribution >= 0.6 is 0 Å². The summed E-state index contributed by atoms with van der Waals surface area (Å²) >= 11 is 0. The van der Waals surface area contributed by atoms with Crippen molar-refractivity contribution in [3.8, 4) is 5.75 Å². The highest BCUT2D eigenvalue weighted by atomic mass is 19.3. The molecule has 31 heavy (non-hydrogen) atoms. The second-order valence-electron chi connectivity index (χ2n) is 8.26. The second kappa shape index (κ2) is 10.3. The lowest BCUT2D eigenvalue weighted by Gasteiger charge is -2.36. The van der Waals surface area contributed by atoms with Gasteiger partial charge in [0.25, 0.3) is 5.92 Å². The highest BCUT2D eigenvalue weighted by molar-refractivity contribution is 5.32. The number of pyridine rings is 1. The van der Waals surface area contributed by atoms with E-state index in [1.807, 2.05) is 6.07 Å². The Hall–Kier alpha value is -2.37. The van der Waals surface area contributed by atoms with Gasteiger partial charge in [0.2, 0.25) is 5.82 Å². The zero-order chi connectivity index (χ0) is 22.4. The first-order valence-electron chi connectivity index (χ1n) is 10.8. The third-order valence-electron chi connectivity index (χ3n) is 6.01. The Morgan fingerprint density at radius 3 is 2.55 bits per heavy atom. The number of aromatic nitrogens is 1. The average molecular weight is 436 g/mol. The molecule has 1 saturated carbocycles. The maximum absolute atomic E-state index is 14.8. The normalized spacial score (nSPS) is 20.8. The number of halogens is 4. The van der Waals surface area contributed by atoms with E-state index in [9.17, 15) is 17.6 Å². The van der Waals surface area contributed by atoms with E-state index in [2.05, 4.69) is 11.9 Å². The fourth-order valence-corrected chi connectivity index (χ4v) is 4.29. The summed E-state index contributed by atoms with van der Waals surface area (Å²) in [6, 6.07) is 6.50. The molecule has 0 bridgehead atoms. The fourth-order valence-electron chi connectivity index (χ4n) is 4.29. The molecule has 0 radical (unpaired) electrons. The number of aryl methyl sites for hydroxylation is 1. The van der Waals surface area contributed by atoms with Crippen molar-refractivity contribution in [3.63, 3.8) is 0 Å². The molecule has 1 aromatic carbocycles. The van der Waals surface area contributed by atoms with E-state index < -0.39 is 23.5 Å². The first-order valence-corrected chi connectivity index (χ1v) is 10.8. The van der Waals surface area contributed by atoms with Gasteiger partial charge < -0.3 is 4.74 Å². The summed E-state index contributed by atoms with van der Waals surface area (Å²) in [6.07, 6.45) is 8.57. The zero-order valence-electron chi connectivity index (χ0n) is 18.0. The molecular weight excluding hydrogens is 406 g/mol. The molecule has 0 saturated heterocycles. The number of ether oxygens (including phenoxy) is 1. The van der Waals surface area contributed by atoms with Gasteiger partial charge in [0.05, 0.1) is 7.11 Å². The summed E-state index contributed by atoms with van der Waals surface area (Å²) in [6.45, 7) is 2.06. The van der Waals surface area contributed by atoms with Crippen LogP contribution in [0.3, 0.4) is 0 Å². The number of methoxy groups -OCH3 is 1. The molecule has 1 aliphatic carbocycles. The highest BCUT2D eigenvalue weighted by Gasteiger charge is 2.45. The maximum Gasteiger partial charge on any atom is 0.255 e. The Morgan fingerprint density at radius 2 is 1.90 bits per heavy atom. The van der Waals surface area contributed by atoms with Crippen LogP contribution in [0.25, 0.3) is 0 Å². The zero-order valence-corrected chi connectivity index (χ0v) is 18.0. The molecular formula is C25H29F4NO. The topological polar surface area (TPSA) is 22.1 Å². The third kappa shape index (κ3) is 5.66. The number of nitrogens with zero attached hydrogens (tertiary/aromatic N) is 1. The molecule has 0 aliphatic heterocycles. The van der Waals surface area contributed by atoms with E-state index in [0.29, 0.717) is 24.8 Å². The first-order chi connectivity index (χ1) is 14.9. The number of rotatable bonds is 8. The van der Waals surface area contributed by atoms with Gasteiger partial charge in [-0.15, -0.1) is 0 Å². The Morgan fingerprint density at radius 1 is 1.10 bits per heavy atom. The standard InChI is InChI=1S/C25H29F4NO/c1-3-6-20-12-10-19(16-30-20)21-13-9-17(15-25(21,28)29)7-4-5-8-18-11-14-22(31-2)24(27)23(18)26/h4-5,10-12,14,16-17,21H,3,6-9,13,15H2,1-2H3/b5-4-. The number of benzene rings is 1. The van der Waals surface area contributed by atoms with Gasteiger partial charge in [-0.3, -0.25) is 4.98 Å². The third-order valence-corrected chi connectivity index (χ3v) is 6.01. The van der Waals surface area contributed by atoms with Gasteiger partial charge in [-0.25, -0.2) is 13.2 Å². The molecule has 6 heteroatoms. The van der Waals surface area contributed by atoms with Crippen molar-refractivity contribution >= 4 is 0 Å². The Kier molecular flexibility index (Phi) is 7.74. The average Bonchev–Trinajstić information content (AvgIpc) is 2.74. The van der Waals surface area contributed by atoms with Crippen molar-refractivity contribution in [3.05, 3.63) is 71.1 Å². The van der Waals surface area contributed by atoms with Crippen molar-refractivity contribution in [2.24, 2.45) is 5.92 Å². The molecule has 2 atom stereocenters. The summed E-state index contributed by atoms with van der Waals surface area (Å²) in [5, 5.41) is 0. The van der Waals surface area contributed by atoms with Crippen LogP contribution in [0.15, 0.2) is 42.6 Å². The Balaban J connectivity index is 1.55. The van der Waals surface area contributed by atoms with Crippen LogP contribution in [0.4, 0.5) is 17.6 Å². The molecule has 0 spiro atoms. The van der Waals surface area contributed by atoms with E-state index in [4.69, 9.17) is 4.74 Å². The minimum absolute atomic E-state index is 0.132. The lowest BCUT2D eigenvalue weighted by atomic mass is 9.75. The predicted molar refractivity (Wildman–Crippen MR) is 114 cm³/mol. The SMILES string of the molecule is CCCc1ccc(C2CCC(C/C=C\Cc3ccc(OC)c(F)c3F)CC2(F)F)cn1. The van der Waals surface area contributed by atoms with Crippen LogP contribution in [0.1, 0.15) is 61.8 Å². The van der Waals surface area contributed by atoms with Crippen molar-refractivity contribution in [2.45, 2.75) is 63.7 Å². The van der Waals surface area contributed by atoms with Gasteiger partial charge >= 0.3 is 0 Å². The number of hydrogen-bond acceptors (Lipinski definition) is 2. The van der Waals surface area contributed by atoms with Crippen LogP contribution in [0.5, 0.6) is 5.75 Å². The molecule has 3 rings (SSSR count). The van der Waals surface area contributed by atoms with Crippen molar-refractivity contribution < 1.29 is 22.3 Å². The van der Waals surface area contributed by atoms with Crippen LogP contribution < -0.4 is 4.74 Å². The first kappa shape index (κ1) is 23.3. The summed E-state index contributed by atoms with van der Waals surface area (Å²) in [4.78, 5) is 4.33. The summed E-state index contributed by atoms with van der Waals surface area (Å²) in [7, 11) is 1.28. The molecule has 2 nitrogen and oxygen atoms in total. The minimum atomic E-state index is -2.78. The van der Waals surface area contributed by atoms with Crippen molar-refractivity contribution in [1.29, 1.82) is 0 Å². The second-order valence-corrected chi connectivity index (χ2v) is 8.26. The molecule has 1 heterocycles. The van der Waals surface area contributed by atoms with E-state index in [1.54, 1.807) is 24.4 Å². The van der Waals surface area contributed by atoms with Gasteiger partial charge in [-0.05, 0) is 61.3 Å². The number of hydrogen-bond donors (Lipinski definition) is 0. The number of alkyl halides is 2. The van der Waals surface area contributed by atoms with E-state index >= 15 is 0 Å². The highest BCUT2D eigenvalue weighted by Crippen LogP contribution is 2.47. The molecule has 0 N–H and O–H groups in total. The lowest BCUT2D eigenvalue weighted by molar-refractivity contribution is -0.0720. The van der Waals surface area contributed by atoms with Crippen molar-refractivity contribution in [2.75, 3.05) is 7.11 Å². The molecule has 168 valence electrons. The molecule has 1 aliphatic rings. The molecule has 1 aromatic heterocycles. The van der Waals surface area contributed by atoms with Gasteiger partial charge in [-0.1, -0.05) is 37.6 Å². The monoisotopic (exact) mass is 435 g/mol. The van der Waals surface area contributed by atoms with E-state index in [0.717, 1.165) is 18.5 Å². The summed E-state index contributed by atoms with van der Waals surface area (Å²) < 4.78 is 62.2. The van der Waals surface area contributed by atoms with Crippen LogP contribution in [-0.4, -0.2) is 18.0 Å². The molecule has 0 amide bonds. The van der Waals surface area contributed by atoms with Crippen LogP contribution in [-0.2, 0) is 12.8 Å². The van der Waals surface area contributed by atoms with Gasteiger partial charge in [0.1, 0.15) is 0 Å². The van der Waals surface area contributed by atoms with Crippen molar-refractivity contribution in [1.82, 2.24) is 4.98 Å². The van der Waals surface area contributed by atoms with Gasteiger partial charge in [0.15, 0.2) is 11.6 Å².